The van der Waals surface area contributed by atoms with E-state index in [1.165, 1.54) is 31.4 Å². The minimum absolute atomic E-state index is 0.228. The van der Waals surface area contributed by atoms with Crippen LogP contribution in [0.1, 0.15) is 36.5 Å². The van der Waals surface area contributed by atoms with Crippen LogP contribution in [0.3, 0.4) is 0 Å². The molecule has 1 atom stereocenters. The zero-order valence-electron chi connectivity index (χ0n) is 11.7. The number of hydrogen-bond donors (Lipinski definition) is 1. The zero-order valence-corrected chi connectivity index (χ0v) is 13.2. The van der Waals surface area contributed by atoms with Crippen LogP contribution in [0, 0.1) is 5.82 Å². The van der Waals surface area contributed by atoms with Gasteiger partial charge < -0.3 is 5.32 Å². The maximum Gasteiger partial charge on any atom is 0.251 e. The van der Waals surface area contributed by atoms with Gasteiger partial charge in [-0.3, -0.25) is 9.69 Å². The molecule has 5 heteroatoms. The molecule has 3 nitrogen and oxygen atoms in total. The number of benzene rings is 1. The number of likely N-dealkylation sites (tertiary alicyclic amines) is 1. The third-order valence-electron chi connectivity index (χ3n) is 3.70. The second-order valence-corrected chi connectivity index (χ2v) is 6.23. The molecule has 0 aliphatic carbocycles. The molecular formula is C15H20BrFN2O. The van der Waals surface area contributed by atoms with Crippen LogP contribution in [-0.4, -0.2) is 36.5 Å². The molecule has 1 aromatic carbocycles. The topological polar surface area (TPSA) is 32.3 Å². The molecule has 0 bridgehead atoms. The average Bonchev–Trinajstić information content (AvgIpc) is 2.44. The van der Waals surface area contributed by atoms with E-state index in [0.717, 1.165) is 13.1 Å². The van der Waals surface area contributed by atoms with E-state index in [1.807, 2.05) is 0 Å². The fourth-order valence-electron chi connectivity index (χ4n) is 2.52. The Hall–Kier alpha value is -0.940. The predicted molar refractivity (Wildman–Crippen MR) is 81.3 cm³/mol. The van der Waals surface area contributed by atoms with Crippen molar-refractivity contribution in [1.82, 2.24) is 10.2 Å². The number of halogens is 2. The highest BCUT2D eigenvalue weighted by Crippen LogP contribution is 2.15. The third kappa shape index (κ3) is 4.28. The van der Waals surface area contributed by atoms with Gasteiger partial charge in [-0.2, -0.15) is 0 Å². The molecule has 20 heavy (non-hydrogen) atoms. The van der Waals surface area contributed by atoms with Gasteiger partial charge in [0.15, 0.2) is 0 Å². The Morgan fingerprint density at radius 1 is 1.35 bits per heavy atom. The first kappa shape index (κ1) is 15.4. The molecule has 0 radical (unpaired) electrons. The fourth-order valence-corrected chi connectivity index (χ4v) is 2.98. The highest BCUT2D eigenvalue weighted by molar-refractivity contribution is 9.10. The lowest BCUT2D eigenvalue weighted by atomic mass is 10.1. The molecule has 0 spiro atoms. The number of nitrogens with zero attached hydrogens (tertiary/aromatic N) is 1. The second-order valence-electron chi connectivity index (χ2n) is 5.31. The third-order valence-corrected chi connectivity index (χ3v) is 4.15. The summed E-state index contributed by atoms with van der Waals surface area (Å²) in [5.74, 6) is -0.636. The quantitative estimate of drug-likeness (QED) is 0.911. The van der Waals surface area contributed by atoms with Crippen molar-refractivity contribution in [1.29, 1.82) is 0 Å². The molecule has 110 valence electrons. The van der Waals surface area contributed by atoms with Crippen LogP contribution < -0.4 is 5.32 Å². The molecule has 1 heterocycles. The molecule has 1 saturated heterocycles. The van der Waals surface area contributed by atoms with Crippen molar-refractivity contribution in [3.63, 3.8) is 0 Å². The lowest BCUT2D eigenvalue weighted by Gasteiger charge is -2.32. The smallest absolute Gasteiger partial charge is 0.251 e. The van der Waals surface area contributed by atoms with Crippen LogP contribution >= 0.6 is 15.9 Å². The van der Waals surface area contributed by atoms with Crippen LogP contribution in [0.2, 0.25) is 0 Å². The maximum absolute atomic E-state index is 13.3. The van der Waals surface area contributed by atoms with E-state index in [4.69, 9.17) is 0 Å². The van der Waals surface area contributed by atoms with Crippen molar-refractivity contribution in [2.75, 3.05) is 19.6 Å². The van der Waals surface area contributed by atoms with Crippen LogP contribution in [0.4, 0.5) is 4.39 Å². The molecule has 1 amide bonds. The lowest BCUT2D eigenvalue weighted by Crippen LogP contribution is -2.44. The van der Waals surface area contributed by atoms with E-state index < -0.39 is 5.82 Å². The van der Waals surface area contributed by atoms with Crippen molar-refractivity contribution >= 4 is 21.8 Å². The number of nitrogens with one attached hydrogen (secondary N) is 1. The van der Waals surface area contributed by atoms with Gasteiger partial charge in [0.1, 0.15) is 5.82 Å². The summed E-state index contributed by atoms with van der Waals surface area (Å²) in [6.07, 6.45) is 3.76. The molecular weight excluding hydrogens is 323 g/mol. The Morgan fingerprint density at radius 3 is 2.70 bits per heavy atom. The van der Waals surface area contributed by atoms with Crippen molar-refractivity contribution in [3.05, 3.63) is 34.1 Å². The fraction of sp³-hybridized carbons (Fsp3) is 0.533. The van der Waals surface area contributed by atoms with E-state index in [-0.39, 0.29) is 5.91 Å². The van der Waals surface area contributed by atoms with Gasteiger partial charge in [-0.1, -0.05) is 22.4 Å². The standard InChI is InChI=1S/C15H20BrFN2O/c1-11(19-5-3-2-4-6-19)10-18-15(20)12-7-13(16)9-14(17)8-12/h7-9,11H,2-6,10H2,1H3,(H,18,20). The number of piperidine rings is 1. The highest BCUT2D eigenvalue weighted by atomic mass is 79.9. The molecule has 1 aromatic rings. The number of hydrogen-bond acceptors (Lipinski definition) is 2. The Kier molecular flexibility index (Phi) is 5.54. The predicted octanol–water partition coefficient (Wildman–Crippen LogP) is 3.19. The first-order valence-corrected chi connectivity index (χ1v) is 7.84. The van der Waals surface area contributed by atoms with Crippen LogP contribution in [-0.2, 0) is 0 Å². The Labute approximate surface area is 127 Å². The molecule has 1 aliphatic rings. The lowest BCUT2D eigenvalue weighted by molar-refractivity contribution is 0.0929. The molecule has 1 fully saturated rings. The summed E-state index contributed by atoms with van der Waals surface area (Å²) in [4.78, 5) is 14.4. The average molecular weight is 343 g/mol. The Bertz CT molecular complexity index is 455. The maximum atomic E-state index is 13.3. The zero-order chi connectivity index (χ0) is 14.5. The highest BCUT2D eigenvalue weighted by Gasteiger charge is 2.17. The van der Waals surface area contributed by atoms with Gasteiger partial charge in [0.2, 0.25) is 0 Å². The van der Waals surface area contributed by atoms with Crippen LogP contribution in [0.5, 0.6) is 0 Å². The minimum Gasteiger partial charge on any atom is -0.350 e. The van der Waals surface area contributed by atoms with E-state index in [1.54, 1.807) is 6.07 Å². The van der Waals surface area contributed by atoms with Crippen molar-refractivity contribution in [2.24, 2.45) is 0 Å². The van der Waals surface area contributed by atoms with Gasteiger partial charge >= 0.3 is 0 Å². The number of carbonyl (C=O) groups is 1. The van der Waals surface area contributed by atoms with Crippen LogP contribution in [0.15, 0.2) is 22.7 Å². The van der Waals surface area contributed by atoms with E-state index in [2.05, 4.69) is 33.1 Å². The van der Waals surface area contributed by atoms with Gasteiger partial charge in [0.05, 0.1) is 0 Å². The molecule has 2 rings (SSSR count). The van der Waals surface area contributed by atoms with E-state index in [9.17, 15) is 9.18 Å². The number of amides is 1. The Morgan fingerprint density at radius 2 is 2.05 bits per heavy atom. The van der Waals surface area contributed by atoms with Crippen molar-refractivity contribution in [3.8, 4) is 0 Å². The molecule has 0 aromatic heterocycles. The summed E-state index contributed by atoms with van der Waals surface area (Å²) < 4.78 is 13.8. The van der Waals surface area contributed by atoms with E-state index >= 15 is 0 Å². The van der Waals surface area contributed by atoms with Crippen LogP contribution in [0.25, 0.3) is 0 Å². The van der Waals surface area contributed by atoms with Crippen molar-refractivity contribution in [2.45, 2.75) is 32.2 Å². The van der Waals surface area contributed by atoms with E-state index in [0.29, 0.717) is 22.6 Å². The number of carbonyl (C=O) groups excluding carboxylic acids is 1. The van der Waals surface area contributed by atoms with Gasteiger partial charge in [0, 0.05) is 22.6 Å². The largest absolute Gasteiger partial charge is 0.350 e. The summed E-state index contributed by atoms with van der Waals surface area (Å²) >= 11 is 3.20. The summed E-state index contributed by atoms with van der Waals surface area (Å²) in [7, 11) is 0. The second kappa shape index (κ2) is 7.18. The van der Waals surface area contributed by atoms with Crippen molar-refractivity contribution < 1.29 is 9.18 Å². The Balaban J connectivity index is 1.87. The normalized spacial score (nSPS) is 17.8. The SMILES string of the molecule is CC(CNC(=O)c1cc(F)cc(Br)c1)N1CCCCC1. The molecule has 1 unspecified atom stereocenters. The summed E-state index contributed by atoms with van der Waals surface area (Å²) in [6, 6.07) is 4.54. The molecule has 1 N–H and O–H groups in total. The molecule has 1 aliphatic heterocycles. The minimum atomic E-state index is -0.409. The van der Waals surface area contributed by atoms with Gasteiger partial charge in [-0.15, -0.1) is 0 Å². The summed E-state index contributed by atoms with van der Waals surface area (Å²) in [5.41, 5.74) is 0.350. The summed E-state index contributed by atoms with van der Waals surface area (Å²) in [6.45, 7) is 4.91. The van der Waals surface area contributed by atoms with Gasteiger partial charge in [-0.05, 0) is 51.1 Å². The first-order chi connectivity index (χ1) is 9.56. The first-order valence-electron chi connectivity index (χ1n) is 7.04. The number of rotatable bonds is 4. The molecule has 0 saturated carbocycles. The van der Waals surface area contributed by atoms with Gasteiger partial charge in [0.25, 0.3) is 5.91 Å². The monoisotopic (exact) mass is 342 g/mol. The summed E-state index contributed by atoms with van der Waals surface area (Å²) in [5, 5.41) is 2.88. The van der Waals surface area contributed by atoms with Gasteiger partial charge in [-0.25, -0.2) is 4.39 Å².